The lowest BCUT2D eigenvalue weighted by molar-refractivity contribution is 0.169. The van der Waals surface area contributed by atoms with Gasteiger partial charge in [0.05, 0.1) is 17.8 Å². The van der Waals surface area contributed by atoms with Crippen molar-refractivity contribution in [2.24, 2.45) is 0 Å². The molecule has 2 aromatic carbocycles. The molecule has 28 heavy (non-hydrogen) atoms. The predicted octanol–water partition coefficient (Wildman–Crippen LogP) is 3.39. The number of β-amino-alcohol motifs (C(OH)–C–C–N with tert-alkyl or cyclic N) is 1. The Morgan fingerprint density at radius 3 is 2.79 bits per heavy atom. The van der Waals surface area contributed by atoms with Gasteiger partial charge < -0.3 is 20.1 Å². The molecule has 4 rings (SSSR count). The highest BCUT2D eigenvalue weighted by Crippen LogP contribution is 2.34. The molecule has 1 fully saturated rings. The van der Waals surface area contributed by atoms with Gasteiger partial charge in [0, 0.05) is 23.7 Å². The van der Waals surface area contributed by atoms with Crippen LogP contribution in [-0.4, -0.2) is 38.0 Å². The highest BCUT2D eigenvalue weighted by Gasteiger charge is 2.35. The monoisotopic (exact) mass is 401 g/mol. The van der Waals surface area contributed by atoms with Crippen LogP contribution in [0.15, 0.2) is 53.1 Å². The van der Waals surface area contributed by atoms with Crippen LogP contribution in [-0.2, 0) is 6.54 Å². The van der Waals surface area contributed by atoms with Crippen molar-refractivity contribution >= 4 is 17.3 Å². The zero-order chi connectivity index (χ0) is 19.7. The topological polar surface area (TPSA) is 109 Å². The molecule has 8 nitrogen and oxygen atoms in total. The molecule has 1 saturated heterocycles. The molecule has 1 aliphatic heterocycles. The van der Waals surface area contributed by atoms with Gasteiger partial charge in [0.25, 0.3) is 0 Å². The number of aliphatic hydroxyl groups is 1. The molecule has 2 heterocycles. The summed E-state index contributed by atoms with van der Waals surface area (Å²) in [4.78, 5) is 6.53. The Bertz CT molecular complexity index is 947. The number of hydrogen-bond acceptors (Lipinski definition) is 8. The van der Waals surface area contributed by atoms with Gasteiger partial charge in [-0.25, -0.2) is 0 Å². The molecule has 9 heteroatoms. The second kappa shape index (κ2) is 7.86. The van der Waals surface area contributed by atoms with E-state index >= 15 is 0 Å². The van der Waals surface area contributed by atoms with E-state index in [9.17, 15) is 10.3 Å². The van der Waals surface area contributed by atoms with Crippen LogP contribution in [0, 0.1) is 5.21 Å². The van der Waals surface area contributed by atoms with E-state index in [0.717, 1.165) is 5.56 Å². The number of aliphatic hydroxyl groups excluding tert-OH is 1. The lowest BCUT2D eigenvalue weighted by atomic mass is 10.1. The van der Waals surface area contributed by atoms with E-state index in [0.29, 0.717) is 41.8 Å². The van der Waals surface area contributed by atoms with Gasteiger partial charge in [0.2, 0.25) is 11.7 Å². The summed E-state index contributed by atoms with van der Waals surface area (Å²) in [5, 5.41) is 34.8. The Kier molecular flexibility index (Phi) is 5.29. The fraction of sp³-hybridized carbons (Fsp3) is 0.263. The molecule has 0 radical (unpaired) electrons. The molecule has 0 amide bonds. The maximum absolute atomic E-state index is 11.1. The van der Waals surface area contributed by atoms with Crippen molar-refractivity contribution in [1.82, 2.24) is 15.0 Å². The van der Waals surface area contributed by atoms with Crippen molar-refractivity contribution in [3.8, 4) is 11.4 Å². The summed E-state index contributed by atoms with van der Waals surface area (Å²) in [6.45, 7) is 1.11. The number of hydrogen-bond donors (Lipinski definition) is 2. The predicted molar refractivity (Wildman–Crippen MR) is 103 cm³/mol. The molecule has 146 valence electrons. The number of likely N-dealkylation sites (tertiary alicyclic amines) is 1. The minimum atomic E-state index is -0.487. The first kappa shape index (κ1) is 18.9. The lowest BCUT2D eigenvalue weighted by Crippen LogP contribution is -2.24. The summed E-state index contributed by atoms with van der Waals surface area (Å²) in [6, 6.07) is 13.6. The standard InChI is InChI=1S/C19H18ClN4O4/c20-14-6-4-12(5-7-14)10-23-11-16(25)9-17(23)19-21-18(22-28-19)13-2-1-3-15(8-13)24(26)27/h1-8,16-17,25-26H,9-11H2/q-1/t16-,17+/m1/s1. The SMILES string of the molecule is [O-]N(O)c1cccc(-c2noc([C@@H]3C[C@@H](O)CN3Cc3ccc(Cl)cc3)n2)c1. The molecule has 2 atom stereocenters. The highest BCUT2D eigenvalue weighted by molar-refractivity contribution is 6.30. The van der Waals surface area contributed by atoms with Crippen molar-refractivity contribution in [2.75, 3.05) is 11.8 Å². The summed E-state index contributed by atoms with van der Waals surface area (Å²) < 4.78 is 5.45. The quantitative estimate of drug-likeness (QED) is 0.626. The molecule has 0 unspecified atom stereocenters. The lowest BCUT2D eigenvalue weighted by Gasteiger charge is -2.21. The van der Waals surface area contributed by atoms with E-state index in [1.165, 1.54) is 12.1 Å². The van der Waals surface area contributed by atoms with Crippen LogP contribution in [0.1, 0.15) is 23.9 Å². The van der Waals surface area contributed by atoms with Gasteiger partial charge in [-0.3, -0.25) is 10.1 Å². The third-order valence-electron chi connectivity index (χ3n) is 4.73. The molecule has 3 aromatic rings. The number of aromatic nitrogens is 2. The van der Waals surface area contributed by atoms with Crippen molar-refractivity contribution < 1.29 is 14.8 Å². The minimum Gasteiger partial charge on any atom is -0.733 e. The molecule has 1 aliphatic rings. The minimum absolute atomic E-state index is 0.0736. The summed E-state index contributed by atoms with van der Waals surface area (Å²) in [7, 11) is 0. The van der Waals surface area contributed by atoms with E-state index < -0.39 is 6.10 Å². The molecular formula is C19H18ClN4O4-. The van der Waals surface area contributed by atoms with Crippen LogP contribution in [0.2, 0.25) is 5.02 Å². The molecular weight excluding hydrogens is 384 g/mol. The van der Waals surface area contributed by atoms with Crippen molar-refractivity contribution in [3.05, 3.63) is 70.2 Å². The number of halogens is 1. The average Bonchev–Trinajstić information content (AvgIpc) is 3.30. The van der Waals surface area contributed by atoms with Gasteiger partial charge in [0.15, 0.2) is 0 Å². The first-order valence-electron chi connectivity index (χ1n) is 8.76. The van der Waals surface area contributed by atoms with Gasteiger partial charge in [-0.15, -0.1) is 0 Å². The van der Waals surface area contributed by atoms with Gasteiger partial charge >= 0.3 is 0 Å². The molecule has 0 saturated carbocycles. The Hall–Kier alpha value is -2.49. The van der Waals surface area contributed by atoms with Crippen LogP contribution in [0.5, 0.6) is 0 Å². The molecule has 0 bridgehead atoms. The second-order valence-corrected chi connectivity index (χ2v) is 7.18. The van der Waals surface area contributed by atoms with Crippen molar-refractivity contribution in [3.63, 3.8) is 0 Å². The Labute approximate surface area is 166 Å². The molecule has 0 spiro atoms. The Balaban J connectivity index is 1.56. The van der Waals surface area contributed by atoms with E-state index in [1.54, 1.807) is 12.1 Å². The summed E-state index contributed by atoms with van der Waals surface area (Å²) in [6.07, 6.45) is -0.000328. The Morgan fingerprint density at radius 2 is 2.04 bits per heavy atom. The van der Waals surface area contributed by atoms with Crippen LogP contribution in [0.4, 0.5) is 5.69 Å². The molecule has 0 aliphatic carbocycles. The smallest absolute Gasteiger partial charge is 0.244 e. The first-order chi connectivity index (χ1) is 13.5. The third-order valence-corrected chi connectivity index (χ3v) is 4.98. The van der Waals surface area contributed by atoms with E-state index in [4.69, 9.17) is 21.3 Å². The van der Waals surface area contributed by atoms with Crippen LogP contribution in [0.25, 0.3) is 11.4 Å². The largest absolute Gasteiger partial charge is 0.733 e. The normalized spacial score (nSPS) is 19.9. The van der Waals surface area contributed by atoms with Crippen LogP contribution in [0.3, 0.4) is 0 Å². The van der Waals surface area contributed by atoms with Crippen molar-refractivity contribution in [2.45, 2.75) is 25.1 Å². The van der Waals surface area contributed by atoms with E-state index in [2.05, 4.69) is 15.0 Å². The van der Waals surface area contributed by atoms with Gasteiger partial charge in [-0.2, -0.15) is 4.98 Å². The third kappa shape index (κ3) is 4.01. The van der Waals surface area contributed by atoms with Crippen LogP contribution >= 0.6 is 11.6 Å². The average molecular weight is 402 g/mol. The molecule has 1 aromatic heterocycles. The van der Waals surface area contributed by atoms with Gasteiger partial charge in [-0.1, -0.05) is 41.0 Å². The number of benzene rings is 2. The first-order valence-corrected chi connectivity index (χ1v) is 9.14. The second-order valence-electron chi connectivity index (χ2n) is 6.74. The summed E-state index contributed by atoms with van der Waals surface area (Å²) in [5.41, 5.74) is 1.68. The number of nitrogens with zero attached hydrogens (tertiary/aromatic N) is 4. The summed E-state index contributed by atoms with van der Waals surface area (Å²) in [5.74, 6) is 0.709. The van der Waals surface area contributed by atoms with Gasteiger partial charge in [-0.05, 0) is 36.2 Å². The number of rotatable bonds is 5. The highest BCUT2D eigenvalue weighted by atomic mass is 35.5. The maximum atomic E-state index is 11.1. The fourth-order valence-corrected chi connectivity index (χ4v) is 3.51. The zero-order valence-electron chi connectivity index (χ0n) is 14.8. The van der Waals surface area contributed by atoms with Gasteiger partial charge in [0.1, 0.15) is 0 Å². The number of anilines is 1. The van der Waals surface area contributed by atoms with Crippen molar-refractivity contribution in [1.29, 1.82) is 0 Å². The molecule has 2 N–H and O–H groups in total. The fourth-order valence-electron chi connectivity index (χ4n) is 3.39. The summed E-state index contributed by atoms with van der Waals surface area (Å²) >= 11 is 5.94. The zero-order valence-corrected chi connectivity index (χ0v) is 15.5. The van der Waals surface area contributed by atoms with E-state index in [1.807, 2.05) is 24.3 Å². The van der Waals surface area contributed by atoms with E-state index in [-0.39, 0.29) is 17.0 Å². The Morgan fingerprint density at radius 1 is 1.25 bits per heavy atom. The van der Waals surface area contributed by atoms with Crippen LogP contribution < -0.4 is 5.23 Å². The maximum Gasteiger partial charge on any atom is 0.244 e.